The molecule has 1 aliphatic heterocycles. The quantitative estimate of drug-likeness (QED) is 0.479. The fourth-order valence-electron chi connectivity index (χ4n) is 6.00. The fraction of sp³-hybridized carbons (Fsp3) is 0.560. The van der Waals surface area contributed by atoms with Gasteiger partial charge in [-0.05, 0) is 50.8 Å². The first kappa shape index (κ1) is 23.6. The lowest BCUT2D eigenvalue weighted by molar-refractivity contribution is -0.137. The Bertz CT molecular complexity index is 1360. The van der Waals surface area contributed by atoms with Gasteiger partial charge in [-0.25, -0.2) is 14.4 Å². The van der Waals surface area contributed by atoms with E-state index in [0.29, 0.717) is 22.9 Å². The zero-order valence-corrected chi connectivity index (χ0v) is 20.3. The van der Waals surface area contributed by atoms with Crippen LogP contribution < -0.4 is 11.1 Å². The van der Waals surface area contributed by atoms with Crippen molar-refractivity contribution in [1.82, 2.24) is 25.1 Å². The van der Waals surface area contributed by atoms with Crippen molar-refractivity contribution in [2.45, 2.75) is 50.7 Å². The molecule has 3 aliphatic rings. The predicted octanol–water partition coefficient (Wildman–Crippen LogP) is 4.56. The number of hydrogen-bond donors (Lipinski definition) is 2. The van der Waals surface area contributed by atoms with Crippen LogP contribution in [0.25, 0.3) is 22.2 Å². The van der Waals surface area contributed by atoms with E-state index in [2.05, 4.69) is 15.3 Å². The summed E-state index contributed by atoms with van der Waals surface area (Å²) in [4.78, 5) is 8.39. The number of fused-ring (bicyclic) bond motifs is 2. The second-order valence-corrected chi connectivity index (χ2v) is 10.4. The molecule has 3 aromatic rings. The minimum atomic E-state index is -4.76. The number of ether oxygens (including phenoxy) is 1. The van der Waals surface area contributed by atoms with Crippen molar-refractivity contribution in [2.24, 2.45) is 11.8 Å². The molecule has 2 saturated carbocycles. The molecule has 0 radical (unpaired) electrons. The Morgan fingerprint density at radius 3 is 2.53 bits per heavy atom. The maximum atomic E-state index is 16.5. The minimum absolute atomic E-state index is 0.0274. The van der Waals surface area contributed by atoms with Crippen LogP contribution in [-0.2, 0) is 10.9 Å². The number of aromatic nitrogens is 4. The molecule has 3 fully saturated rings. The summed E-state index contributed by atoms with van der Waals surface area (Å²) in [6.07, 6.45) is -3.06. The Morgan fingerprint density at radius 2 is 1.92 bits per heavy atom. The number of methoxy groups -OCH3 is 1. The maximum absolute atomic E-state index is 16.5. The average Bonchev–Trinajstić information content (AvgIpc) is 3.67. The Balaban J connectivity index is 1.67. The van der Waals surface area contributed by atoms with Crippen LogP contribution in [0, 0.1) is 24.6 Å². The van der Waals surface area contributed by atoms with Gasteiger partial charge in [0.05, 0.1) is 35.3 Å². The summed E-state index contributed by atoms with van der Waals surface area (Å²) >= 11 is 0. The van der Waals surface area contributed by atoms with E-state index >= 15 is 4.39 Å². The van der Waals surface area contributed by atoms with Gasteiger partial charge in [-0.1, -0.05) is 6.92 Å². The van der Waals surface area contributed by atoms with E-state index in [0.717, 1.165) is 37.7 Å². The zero-order chi connectivity index (χ0) is 25.5. The van der Waals surface area contributed by atoms with Gasteiger partial charge in [0.25, 0.3) is 0 Å². The first-order chi connectivity index (χ1) is 17.1. The fourth-order valence-corrected chi connectivity index (χ4v) is 6.00. The molecule has 2 unspecified atom stereocenters. The largest absolute Gasteiger partial charge is 0.418 e. The molecule has 6 rings (SSSR count). The molecule has 11 heteroatoms. The van der Waals surface area contributed by atoms with Crippen molar-refractivity contribution >= 4 is 16.7 Å². The van der Waals surface area contributed by atoms with Crippen LogP contribution in [0.15, 0.2) is 6.07 Å². The molecule has 0 bridgehead atoms. The monoisotopic (exact) mass is 504 g/mol. The minimum Gasteiger partial charge on any atom is -0.384 e. The lowest BCUT2D eigenvalue weighted by atomic mass is 9.96. The number of pyridine rings is 2. The van der Waals surface area contributed by atoms with Gasteiger partial charge < -0.3 is 15.8 Å². The summed E-state index contributed by atoms with van der Waals surface area (Å²) < 4.78 is 66.0. The topological polar surface area (TPSA) is 90.9 Å². The number of halogens is 4. The molecular formula is C25H28F4N6O. The van der Waals surface area contributed by atoms with Crippen LogP contribution in [0.1, 0.15) is 60.3 Å². The number of piperidine rings is 1. The Kier molecular flexibility index (Phi) is 5.31. The smallest absolute Gasteiger partial charge is 0.384 e. The van der Waals surface area contributed by atoms with Crippen molar-refractivity contribution in [1.29, 1.82) is 0 Å². The number of nitrogens with one attached hydrogen (secondary N) is 1. The lowest BCUT2D eigenvalue weighted by Crippen LogP contribution is -2.15. The predicted molar refractivity (Wildman–Crippen MR) is 126 cm³/mol. The van der Waals surface area contributed by atoms with E-state index in [1.54, 1.807) is 11.8 Å². The van der Waals surface area contributed by atoms with Gasteiger partial charge >= 0.3 is 6.18 Å². The third-order valence-corrected chi connectivity index (χ3v) is 7.78. The van der Waals surface area contributed by atoms with Crippen molar-refractivity contribution in [3.05, 3.63) is 34.5 Å². The Labute approximate surface area is 205 Å². The highest BCUT2D eigenvalue weighted by atomic mass is 19.4. The summed E-state index contributed by atoms with van der Waals surface area (Å²) in [6, 6.07) is 1.09. The third kappa shape index (κ3) is 3.58. The first-order valence-electron chi connectivity index (χ1n) is 12.3. The molecule has 0 spiro atoms. The number of nitrogen functional groups attached to an aromatic ring is 1. The van der Waals surface area contributed by atoms with Crippen molar-refractivity contribution < 1.29 is 22.3 Å². The van der Waals surface area contributed by atoms with Crippen LogP contribution in [0.4, 0.5) is 23.4 Å². The summed E-state index contributed by atoms with van der Waals surface area (Å²) in [5.41, 5.74) is 5.24. The summed E-state index contributed by atoms with van der Waals surface area (Å²) in [6.45, 7) is 5.16. The van der Waals surface area contributed by atoms with E-state index in [1.807, 2.05) is 6.92 Å². The Hall–Kier alpha value is -2.79. The number of rotatable bonds is 6. The molecule has 1 saturated heterocycles. The van der Waals surface area contributed by atoms with Crippen LogP contribution in [0.3, 0.4) is 0 Å². The highest BCUT2D eigenvalue weighted by molar-refractivity contribution is 5.90. The normalized spacial score (nSPS) is 24.4. The third-order valence-electron chi connectivity index (χ3n) is 7.78. The SMILES string of the molecule is COCC(C)c1nc(-c2cc(N)nc(C)c2C(F)(F)F)c(F)c2c1c(C1[C@H]3CNC[C@@H]13)nn2C1CC1. The van der Waals surface area contributed by atoms with Gasteiger partial charge in [-0.2, -0.15) is 18.3 Å². The number of nitrogens with two attached hydrogens (primary N) is 1. The molecular weight excluding hydrogens is 476 g/mol. The van der Waals surface area contributed by atoms with E-state index in [4.69, 9.17) is 15.6 Å². The summed E-state index contributed by atoms with van der Waals surface area (Å²) in [5, 5.41) is 8.91. The highest BCUT2D eigenvalue weighted by Crippen LogP contribution is 2.58. The highest BCUT2D eigenvalue weighted by Gasteiger charge is 2.56. The Morgan fingerprint density at radius 1 is 1.22 bits per heavy atom. The van der Waals surface area contributed by atoms with Gasteiger partial charge in [0.15, 0.2) is 5.82 Å². The van der Waals surface area contributed by atoms with Crippen molar-refractivity contribution in [2.75, 3.05) is 32.5 Å². The molecule has 4 heterocycles. The van der Waals surface area contributed by atoms with Crippen molar-refractivity contribution in [3.63, 3.8) is 0 Å². The zero-order valence-electron chi connectivity index (χ0n) is 20.3. The van der Waals surface area contributed by atoms with Gasteiger partial charge in [-0.3, -0.25) is 4.68 Å². The second kappa shape index (κ2) is 8.11. The first-order valence-corrected chi connectivity index (χ1v) is 12.3. The van der Waals surface area contributed by atoms with E-state index in [1.165, 1.54) is 6.92 Å². The molecule has 4 atom stereocenters. The van der Waals surface area contributed by atoms with Crippen LogP contribution in [0.2, 0.25) is 0 Å². The summed E-state index contributed by atoms with van der Waals surface area (Å²) in [5.74, 6) is -0.161. The molecule has 0 amide bonds. The maximum Gasteiger partial charge on any atom is 0.418 e. The van der Waals surface area contributed by atoms with E-state index in [9.17, 15) is 13.2 Å². The molecule has 2 aliphatic carbocycles. The molecule has 0 aromatic carbocycles. The van der Waals surface area contributed by atoms with Gasteiger partial charge in [0.1, 0.15) is 17.0 Å². The number of anilines is 1. The van der Waals surface area contributed by atoms with Gasteiger partial charge in [0, 0.05) is 29.9 Å². The van der Waals surface area contributed by atoms with Gasteiger partial charge in [-0.15, -0.1) is 0 Å². The van der Waals surface area contributed by atoms with E-state index in [-0.39, 0.29) is 47.2 Å². The lowest BCUT2D eigenvalue weighted by Gasteiger charge is -2.19. The number of alkyl halides is 3. The number of hydrogen-bond acceptors (Lipinski definition) is 6. The molecule has 192 valence electrons. The number of aryl methyl sites for hydroxylation is 1. The molecule has 3 N–H and O–H groups in total. The van der Waals surface area contributed by atoms with Gasteiger partial charge in [0.2, 0.25) is 0 Å². The van der Waals surface area contributed by atoms with Crippen LogP contribution in [-0.4, -0.2) is 46.6 Å². The van der Waals surface area contributed by atoms with Crippen molar-refractivity contribution in [3.8, 4) is 11.3 Å². The van der Waals surface area contributed by atoms with Crippen LogP contribution >= 0.6 is 0 Å². The second-order valence-electron chi connectivity index (χ2n) is 10.4. The van der Waals surface area contributed by atoms with Crippen LogP contribution in [0.5, 0.6) is 0 Å². The molecule has 36 heavy (non-hydrogen) atoms. The number of nitrogens with zero attached hydrogens (tertiary/aromatic N) is 4. The standard InChI is InChI=1S/C25H28F4N6O/c1-10(9-36-3)21-18-23(17-14-7-31-8-15(14)17)34-35(12-4-5-12)24(18)20(26)22(33-21)13-6-16(30)32-11(2)19(13)25(27,28)29/h6,10,12,14-15,17,31H,4-5,7-9H2,1-3H3,(H2,30,32)/t10?,14-,15+,17?. The average molecular weight is 505 g/mol. The molecule has 3 aromatic heterocycles. The summed E-state index contributed by atoms with van der Waals surface area (Å²) in [7, 11) is 1.55. The van der Waals surface area contributed by atoms with E-state index < -0.39 is 23.1 Å². The molecule has 7 nitrogen and oxygen atoms in total.